The highest BCUT2D eigenvalue weighted by atomic mass is 16.5. The Morgan fingerprint density at radius 1 is 1.32 bits per heavy atom. The highest BCUT2D eigenvalue weighted by Crippen LogP contribution is 2.30. The molecule has 1 aromatic carbocycles. The molecule has 0 saturated carbocycles. The predicted molar refractivity (Wildman–Crippen MR) is 80.5 cm³/mol. The molecule has 1 saturated heterocycles. The Kier molecular flexibility index (Phi) is 3.56. The van der Waals surface area contributed by atoms with E-state index in [0.717, 1.165) is 37.5 Å². The topological polar surface area (TPSA) is 52.4 Å². The normalized spacial score (nSPS) is 24.6. The van der Waals surface area contributed by atoms with E-state index in [4.69, 9.17) is 9.47 Å². The first-order valence-corrected chi connectivity index (χ1v) is 7.69. The van der Waals surface area contributed by atoms with Gasteiger partial charge >= 0.3 is 0 Å². The van der Waals surface area contributed by atoms with Crippen LogP contribution in [0.4, 0.5) is 0 Å². The van der Waals surface area contributed by atoms with Crippen LogP contribution in [0.1, 0.15) is 23.7 Å². The van der Waals surface area contributed by atoms with E-state index in [1.165, 1.54) is 5.56 Å². The second kappa shape index (κ2) is 5.70. The summed E-state index contributed by atoms with van der Waals surface area (Å²) in [6.07, 6.45) is 3.11. The van der Waals surface area contributed by atoms with Gasteiger partial charge in [-0.15, -0.1) is 5.10 Å². The van der Waals surface area contributed by atoms with Gasteiger partial charge in [0.25, 0.3) is 0 Å². The molecule has 3 heterocycles. The van der Waals surface area contributed by atoms with Crippen molar-refractivity contribution in [2.24, 2.45) is 0 Å². The number of likely N-dealkylation sites (tertiary alicyclic amines) is 1. The van der Waals surface area contributed by atoms with Crippen LogP contribution in [0.2, 0.25) is 0 Å². The number of benzene rings is 1. The van der Waals surface area contributed by atoms with Gasteiger partial charge in [-0.05, 0) is 24.1 Å². The van der Waals surface area contributed by atoms with Gasteiger partial charge in [0.15, 0.2) is 0 Å². The number of methoxy groups -OCH3 is 1. The molecule has 0 radical (unpaired) electrons. The summed E-state index contributed by atoms with van der Waals surface area (Å²) in [6, 6.07) is 8.56. The van der Waals surface area contributed by atoms with Gasteiger partial charge in [-0.2, -0.15) is 0 Å². The monoisotopic (exact) mass is 300 g/mol. The molecule has 0 aliphatic carbocycles. The second-order valence-electron chi connectivity index (χ2n) is 5.96. The lowest BCUT2D eigenvalue weighted by atomic mass is 10.00. The van der Waals surface area contributed by atoms with Crippen LogP contribution >= 0.6 is 0 Å². The van der Waals surface area contributed by atoms with E-state index in [2.05, 4.69) is 27.3 Å². The number of hydrogen-bond donors (Lipinski definition) is 0. The first-order valence-electron chi connectivity index (χ1n) is 7.69. The standard InChI is InChI=1S/C16H20N4O2/c1-21-14-4-2-12(3-5-14)9-19-7-6-16-15(10-19)20-13(11-22-16)8-17-18-20/h2-5,8,15-16H,6-7,9-11H2,1H3. The molecule has 0 bridgehead atoms. The van der Waals surface area contributed by atoms with Crippen LogP contribution in [-0.2, 0) is 17.9 Å². The summed E-state index contributed by atoms with van der Waals surface area (Å²) in [5, 5.41) is 8.27. The lowest BCUT2D eigenvalue weighted by Gasteiger charge is -2.41. The predicted octanol–water partition coefficient (Wildman–Crippen LogP) is 1.63. The summed E-state index contributed by atoms with van der Waals surface area (Å²) in [7, 11) is 1.69. The van der Waals surface area contributed by atoms with Crippen LogP contribution in [-0.4, -0.2) is 46.2 Å². The fourth-order valence-corrected chi connectivity index (χ4v) is 3.38. The average Bonchev–Trinajstić information content (AvgIpc) is 3.05. The van der Waals surface area contributed by atoms with Gasteiger partial charge in [-0.1, -0.05) is 17.3 Å². The van der Waals surface area contributed by atoms with Gasteiger partial charge in [0.1, 0.15) is 5.75 Å². The highest BCUT2D eigenvalue weighted by molar-refractivity contribution is 5.27. The molecule has 6 nitrogen and oxygen atoms in total. The number of fused-ring (bicyclic) bond motifs is 3. The van der Waals surface area contributed by atoms with Gasteiger partial charge in [0, 0.05) is 19.6 Å². The van der Waals surface area contributed by atoms with E-state index < -0.39 is 0 Å². The number of nitrogens with zero attached hydrogens (tertiary/aromatic N) is 4. The van der Waals surface area contributed by atoms with Gasteiger partial charge in [0.05, 0.1) is 37.8 Å². The van der Waals surface area contributed by atoms with E-state index in [0.29, 0.717) is 6.61 Å². The SMILES string of the molecule is COc1ccc(CN2CCC3OCc4cnnn4C3C2)cc1. The minimum Gasteiger partial charge on any atom is -0.497 e. The summed E-state index contributed by atoms with van der Waals surface area (Å²) in [6.45, 7) is 3.58. The minimum absolute atomic E-state index is 0.265. The highest BCUT2D eigenvalue weighted by Gasteiger charge is 2.36. The van der Waals surface area contributed by atoms with Gasteiger partial charge < -0.3 is 9.47 Å². The van der Waals surface area contributed by atoms with Crippen molar-refractivity contribution in [3.63, 3.8) is 0 Å². The summed E-state index contributed by atoms with van der Waals surface area (Å²) < 4.78 is 13.2. The number of aromatic nitrogens is 3. The number of piperidine rings is 1. The third kappa shape index (κ3) is 2.48. The molecule has 1 fully saturated rings. The second-order valence-corrected chi connectivity index (χ2v) is 5.96. The Bertz CT molecular complexity index is 640. The molecule has 2 unspecified atom stereocenters. The third-order valence-corrected chi connectivity index (χ3v) is 4.58. The lowest BCUT2D eigenvalue weighted by molar-refractivity contribution is -0.0669. The van der Waals surface area contributed by atoms with E-state index in [-0.39, 0.29) is 12.1 Å². The van der Waals surface area contributed by atoms with Gasteiger partial charge in [0.2, 0.25) is 0 Å². The molecule has 0 spiro atoms. The summed E-state index contributed by atoms with van der Waals surface area (Å²) in [5.74, 6) is 0.899. The Balaban J connectivity index is 1.47. The molecular weight excluding hydrogens is 280 g/mol. The van der Waals surface area contributed by atoms with Crippen LogP contribution in [0.3, 0.4) is 0 Å². The smallest absolute Gasteiger partial charge is 0.118 e. The number of hydrogen-bond acceptors (Lipinski definition) is 5. The van der Waals surface area contributed by atoms with Crippen LogP contribution < -0.4 is 4.74 Å². The Hall–Kier alpha value is -1.92. The minimum atomic E-state index is 0.265. The fourth-order valence-electron chi connectivity index (χ4n) is 3.38. The molecule has 116 valence electrons. The molecule has 0 N–H and O–H groups in total. The zero-order valence-corrected chi connectivity index (χ0v) is 12.7. The summed E-state index contributed by atoms with van der Waals surface area (Å²) >= 11 is 0. The lowest BCUT2D eigenvalue weighted by Crippen LogP contribution is -2.47. The Labute approximate surface area is 129 Å². The quantitative estimate of drug-likeness (QED) is 0.862. The molecule has 1 aromatic heterocycles. The van der Waals surface area contributed by atoms with Crippen molar-refractivity contribution in [3.05, 3.63) is 41.7 Å². The maximum absolute atomic E-state index is 5.95. The van der Waals surface area contributed by atoms with E-state index in [1.54, 1.807) is 13.3 Å². The van der Waals surface area contributed by atoms with E-state index in [9.17, 15) is 0 Å². The van der Waals surface area contributed by atoms with Crippen molar-refractivity contribution in [3.8, 4) is 5.75 Å². The maximum Gasteiger partial charge on any atom is 0.118 e. The number of rotatable bonds is 3. The van der Waals surface area contributed by atoms with Gasteiger partial charge in [-0.3, -0.25) is 4.90 Å². The van der Waals surface area contributed by atoms with Crippen molar-refractivity contribution in [2.75, 3.05) is 20.2 Å². The zero-order chi connectivity index (χ0) is 14.9. The first kappa shape index (κ1) is 13.7. The van der Waals surface area contributed by atoms with Crippen LogP contribution in [0, 0.1) is 0 Å². The third-order valence-electron chi connectivity index (χ3n) is 4.58. The number of ether oxygens (including phenoxy) is 2. The zero-order valence-electron chi connectivity index (χ0n) is 12.7. The first-order chi connectivity index (χ1) is 10.8. The van der Waals surface area contributed by atoms with Crippen molar-refractivity contribution < 1.29 is 9.47 Å². The molecule has 4 rings (SSSR count). The van der Waals surface area contributed by atoms with Crippen LogP contribution in [0.15, 0.2) is 30.5 Å². The molecule has 0 amide bonds. The van der Waals surface area contributed by atoms with Crippen LogP contribution in [0.5, 0.6) is 5.75 Å². The molecule has 2 atom stereocenters. The molecule has 6 heteroatoms. The van der Waals surface area contributed by atoms with E-state index in [1.807, 2.05) is 16.8 Å². The molecule has 22 heavy (non-hydrogen) atoms. The Morgan fingerprint density at radius 2 is 2.18 bits per heavy atom. The molecular formula is C16H20N4O2. The van der Waals surface area contributed by atoms with Gasteiger partial charge in [-0.25, -0.2) is 4.68 Å². The fraction of sp³-hybridized carbons (Fsp3) is 0.500. The maximum atomic E-state index is 5.95. The van der Waals surface area contributed by atoms with E-state index >= 15 is 0 Å². The largest absolute Gasteiger partial charge is 0.497 e. The Morgan fingerprint density at radius 3 is 3.00 bits per heavy atom. The summed E-state index contributed by atoms with van der Waals surface area (Å²) in [4.78, 5) is 2.46. The van der Waals surface area contributed by atoms with Crippen LogP contribution in [0.25, 0.3) is 0 Å². The van der Waals surface area contributed by atoms with Crippen molar-refractivity contribution in [1.82, 2.24) is 19.9 Å². The van der Waals surface area contributed by atoms with Crippen molar-refractivity contribution >= 4 is 0 Å². The molecule has 2 aromatic rings. The van der Waals surface area contributed by atoms with Crippen molar-refractivity contribution in [2.45, 2.75) is 31.7 Å². The van der Waals surface area contributed by atoms with Crippen molar-refractivity contribution in [1.29, 1.82) is 0 Å². The summed E-state index contributed by atoms with van der Waals surface area (Å²) in [5.41, 5.74) is 2.38. The molecule has 2 aliphatic rings. The average molecular weight is 300 g/mol. The molecule has 2 aliphatic heterocycles.